The average molecular weight is 570 g/mol. The van der Waals surface area contributed by atoms with Crippen LogP contribution >= 0.6 is 0 Å². The van der Waals surface area contributed by atoms with E-state index in [2.05, 4.69) is 25.7 Å². The Balaban J connectivity index is 1.38. The third kappa shape index (κ3) is 5.88. The normalized spacial score (nSPS) is 15.5. The van der Waals surface area contributed by atoms with Crippen LogP contribution in [-0.2, 0) is 20.9 Å². The van der Waals surface area contributed by atoms with Crippen LogP contribution in [-0.4, -0.2) is 56.3 Å². The smallest absolute Gasteiger partial charge is 0.251 e. The van der Waals surface area contributed by atoms with Crippen LogP contribution in [0.15, 0.2) is 77.3 Å². The van der Waals surface area contributed by atoms with Gasteiger partial charge in [0, 0.05) is 18.5 Å². The molecule has 3 aromatic heterocycles. The highest BCUT2D eigenvalue weighted by atomic mass is 19.1. The van der Waals surface area contributed by atoms with Gasteiger partial charge in [-0.3, -0.25) is 19.5 Å². The van der Waals surface area contributed by atoms with E-state index in [0.717, 1.165) is 28.5 Å². The number of para-hydroxylation sites is 1. The van der Waals surface area contributed by atoms with Gasteiger partial charge in [0.25, 0.3) is 5.91 Å². The summed E-state index contributed by atoms with van der Waals surface area (Å²) in [5.74, 6) is -0.0950. The van der Waals surface area contributed by atoms with Gasteiger partial charge in [0.1, 0.15) is 24.2 Å². The Morgan fingerprint density at radius 3 is 2.74 bits per heavy atom. The molecule has 0 saturated carbocycles. The van der Waals surface area contributed by atoms with Crippen molar-refractivity contribution in [1.29, 1.82) is 0 Å². The number of nitrogens with zero attached hydrogens (tertiary/aromatic N) is 6. The van der Waals surface area contributed by atoms with Crippen molar-refractivity contribution in [3.63, 3.8) is 0 Å². The lowest BCUT2D eigenvalue weighted by Crippen LogP contribution is -2.46. The van der Waals surface area contributed by atoms with Gasteiger partial charge in [0.05, 0.1) is 23.5 Å². The predicted octanol–water partition coefficient (Wildman–Crippen LogP) is 4.00. The van der Waals surface area contributed by atoms with Crippen LogP contribution < -0.4 is 10.2 Å². The SMILES string of the molecule is Cc1ccc(-c2nnn(CC(=O)N(c3cnc4ccccc4c3)[C@H](C(=O)NC[C@H]3CCCO3)c3ccc(F)cc3)n2)o1. The van der Waals surface area contributed by atoms with E-state index in [9.17, 15) is 14.0 Å². The zero-order chi connectivity index (χ0) is 29.1. The van der Waals surface area contributed by atoms with Gasteiger partial charge in [0.2, 0.25) is 11.7 Å². The number of anilines is 1. The molecule has 214 valence electrons. The van der Waals surface area contributed by atoms with E-state index in [0.29, 0.717) is 29.4 Å². The molecule has 2 aromatic carbocycles. The lowest BCUT2D eigenvalue weighted by atomic mass is 10.0. The first-order chi connectivity index (χ1) is 20.4. The zero-order valence-corrected chi connectivity index (χ0v) is 22.8. The van der Waals surface area contributed by atoms with Crippen LogP contribution in [0.5, 0.6) is 0 Å². The van der Waals surface area contributed by atoms with E-state index in [4.69, 9.17) is 9.15 Å². The molecule has 1 aliphatic rings. The largest absolute Gasteiger partial charge is 0.458 e. The van der Waals surface area contributed by atoms with E-state index in [1.54, 1.807) is 25.1 Å². The minimum atomic E-state index is -1.15. The number of aryl methyl sites for hydroxylation is 1. The van der Waals surface area contributed by atoms with Crippen molar-refractivity contribution in [2.75, 3.05) is 18.1 Å². The maximum Gasteiger partial charge on any atom is 0.251 e. The molecule has 1 fully saturated rings. The second-order valence-electron chi connectivity index (χ2n) is 10.0. The Kier molecular flexibility index (Phi) is 7.69. The first kappa shape index (κ1) is 27.2. The van der Waals surface area contributed by atoms with Crippen molar-refractivity contribution >= 4 is 28.4 Å². The molecule has 42 heavy (non-hydrogen) atoms. The Labute approximate surface area is 240 Å². The van der Waals surface area contributed by atoms with Crippen molar-refractivity contribution in [3.05, 3.63) is 90.1 Å². The number of benzene rings is 2. The zero-order valence-electron chi connectivity index (χ0n) is 22.8. The number of hydrogen-bond acceptors (Lipinski definition) is 8. The van der Waals surface area contributed by atoms with Crippen molar-refractivity contribution < 1.29 is 23.1 Å². The molecule has 6 rings (SSSR count). The van der Waals surface area contributed by atoms with Gasteiger partial charge in [-0.25, -0.2) is 4.39 Å². The van der Waals surface area contributed by atoms with Crippen molar-refractivity contribution in [2.24, 2.45) is 0 Å². The number of rotatable bonds is 9. The lowest BCUT2D eigenvalue weighted by molar-refractivity contribution is -0.127. The summed E-state index contributed by atoms with van der Waals surface area (Å²) < 4.78 is 25.2. The molecule has 2 amide bonds. The maximum atomic E-state index is 14.1. The average Bonchev–Trinajstić information content (AvgIpc) is 3.78. The van der Waals surface area contributed by atoms with E-state index >= 15 is 0 Å². The number of pyridine rings is 1. The topological polar surface area (TPSA) is 128 Å². The first-order valence-corrected chi connectivity index (χ1v) is 13.6. The molecule has 0 radical (unpaired) electrons. The number of tetrazole rings is 1. The summed E-state index contributed by atoms with van der Waals surface area (Å²) in [5, 5.41) is 16.1. The number of carbonyl (C=O) groups excluding carboxylic acids is 2. The van der Waals surface area contributed by atoms with Crippen LogP contribution in [0, 0.1) is 12.7 Å². The summed E-state index contributed by atoms with van der Waals surface area (Å²) in [6.07, 6.45) is 3.17. The van der Waals surface area contributed by atoms with Gasteiger partial charge in [0.15, 0.2) is 5.76 Å². The fourth-order valence-electron chi connectivity index (χ4n) is 4.97. The Morgan fingerprint density at radius 2 is 1.98 bits per heavy atom. The molecule has 1 saturated heterocycles. The number of aromatic nitrogens is 5. The summed E-state index contributed by atoms with van der Waals surface area (Å²) in [5.41, 5.74) is 1.52. The molecule has 5 aromatic rings. The fraction of sp³-hybridized carbons (Fsp3) is 0.267. The second kappa shape index (κ2) is 11.9. The summed E-state index contributed by atoms with van der Waals surface area (Å²) >= 11 is 0. The summed E-state index contributed by atoms with van der Waals surface area (Å²) in [7, 11) is 0. The number of amides is 2. The van der Waals surface area contributed by atoms with Crippen LogP contribution in [0.4, 0.5) is 10.1 Å². The Morgan fingerprint density at radius 1 is 1.14 bits per heavy atom. The van der Waals surface area contributed by atoms with Gasteiger partial charge >= 0.3 is 0 Å². The quantitative estimate of drug-likeness (QED) is 0.282. The maximum absolute atomic E-state index is 14.1. The standard InChI is InChI=1S/C30H28FN7O4/c1-19-8-13-26(42-19)29-34-36-37(35-29)18-27(39)38(23-15-21-5-2-3-7-25(21)32-16-23)28(20-9-11-22(31)12-10-20)30(40)33-17-24-6-4-14-41-24/h2-3,5,7-13,15-16,24,28H,4,6,14,17-18H2,1H3,(H,33,40)/t24-,28+/m1/s1. The second-order valence-corrected chi connectivity index (χ2v) is 10.0. The minimum Gasteiger partial charge on any atom is -0.458 e. The van der Waals surface area contributed by atoms with Gasteiger partial charge < -0.3 is 14.5 Å². The monoisotopic (exact) mass is 569 g/mol. The predicted molar refractivity (Wildman–Crippen MR) is 151 cm³/mol. The van der Waals surface area contributed by atoms with Crippen molar-refractivity contribution in [2.45, 2.75) is 38.5 Å². The van der Waals surface area contributed by atoms with Gasteiger partial charge in [-0.1, -0.05) is 30.3 Å². The highest BCUT2D eigenvalue weighted by Gasteiger charge is 2.34. The van der Waals surface area contributed by atoms with E-state index in [1.807, 2.05) is 24.3 Å². The number of halogens is 1. The van der Waals surface area contributed by atoms with Gasteiger partial charge in [-0.15, -0.1) is 10.2 Å². The lowest BCUT2D eigenvalue weighted by Gasteiger charge is -2.31. The highest BCUT2D eigenvalue weighted by molar-refractivity contribution is 6.02. The molecule has 0 bridgehead atoms. The number of ether oxygens (including phenoxy) is 1. The summed E-state index contributed by atoms with van der Waals surface area (Å²) in [4.78, 5) is 35.0. The van der Waals surface area contributed by atoms with Crippen LogP contribution in [0.1, 0.15) is 30.2 Å². The van der Waals surface area contributed by atoms with Crippen LogP contribution in [0.2, 0.25) is 0 Å². The van der Waals surface area contributed by atoms with Gasteiger partial charge in [-0.05, 0) is 66.9 Å². The third-order valence-electron chi connectivity index (χ3n) is 7.03. The van der Waals surface area contributed by atoms with Crippen molar-refractivity contribution in [3.8, 4) is 11.6 Å². The third-order valence-corrected chi connectivity index (χ3v) is 7.03. The molecule has 12 heteroatoms. The molecule has 4 heterocycles. The van der Waals surface area contributed by atoms with Crippen molar-refractivity contribution in [1.82, 2.24) is 30.5 Å². The van der Waals surface area contributed by atoms with Gasteiger partial charge in [-0.2, -0.15) is 4.80 Å². The molecular weight excluding hydrogens is 541 g/mol. The molecule has 0 spiro atoms. The molecule has 11 nitrogen and oxygen atoms in total. The Hall–Kier alpha value is -4.97. The number of carbonyl (C=O) groups is 2. The number of furan rings is 1. The number of nitrogens with one attached hydrogen (secondary N) is 1. The number of fused-ring (bicyclic) bond motifs is 1. The molecule has 0 unspecified atom stereocenters. The summed E-state index contributed by atoms with van der Waals surface area (Å²) in [6.45, 7) is 2.38. The molecular formula is C30H28FN7O4. The Bertz CT molecular complexity index is 1710. The molecule has 1 N–H and O–H groups in total. The molecule has 2 atom stereocenters. The van der Waals surface area contributed by atoms with E-state index in [1.165, 1.54) is 35.4 Å². The highest BCUT2D eigenvalue weighted by Crippen LogP contribution is 2.30. The number of hydrogen-bond donors (Lipinski definition) is 1. The minimum absolute atomic E-state index is 0.114. The van der Waals surface area contributed by atoms with E-state index < -0.39 is 23.7 Å². The molecule has 0 aliphatic carbocycles. The summed E-state index contributed by atoms with van der Waals surface area (Å²) in [6, 6.07) is 17.1. The molecule has 1 aliphatic heterocycles. The first-order valence-electron chi connectivity index (χ1n) is 13.6. The fourth-order valence-corrected chi connectivity index (χ4v) is 4.97. The van der Waals surface area contributed by atoms with Crippen LogP contribution in [0.25, 0.3) is 22.5 Å². The van der Waals surface area contributed by atoms with Crippen LogP contribution in [0.3, 0.4) is 0 Å². The van der Waals surface area contributed by atoms with E-state index in [-0.39, 0.29) is 25.0 Å².